The Balaban J connectivity index is 0.000000720. The van der Waals surface area contributed by atoms with Gasteiger partial charge in [0.15, 0.2) is 0 Å². The van der Waals surface area contributed by atoms with Gasteiger partial charge < -0.3 is 10.2 Å². The molecule has 1 spiro atoms. The van der Waals surface area contributed by atoms with Gasteiger partial charge in [-0.25, -0.2) is 0 Å². The number of carbonyl (C=O) groups is 1. The van der Waals surface area contributed by atoms with Gasteiger partial charge in [-0.15, -0.1) is 0 Å². The Morgan fingerprint density at radius 1 is 1.73 bits per heavy atom. The van der Waals surface area contributed by atoms with Gasteiger partial charge in [0.2, 0.25) is 5.91 Å². The van der Waals surface area contributed by atoms with E-state index in [9.17, 15) is 4.79 Å². The van der Waals surface area contributed by atoms with Crippen molar-refractivity contribution in [2.75, 3.05) is 20.1 Å². The van der Waals surface area contributed by atoms with Crippen molar-refractivity contribution in [2.45, 2.75) is 24.8 Å². The maximum absolute atomic E-state index is 10.7. The first-order chi connectivity index (χ1) is 5.20. The first-order valence-electron chi connectivity index (χ1n) is 4.20. The molecule has 0 bridgehead atoms. The Bertz CT molecular complexity index is 187. The number of β-lactam (4-membered cyclic amide) rings is 1. The second-order valence-corrected chi connectivity index (χ2v) is 3.85. The second kappa shape index (κ2) is 2.21. The van der Waals surface area contributed by atoms with E-state index in [4.69, 9.17) is 0 Å². The van der Waals surface area contributed by atoms with Gasteiger partial charge in [0, 0.05) is 7.97 Å². The predicted octanol–water partition coefficient (Wildman–Crippen LogP) is 0.217. The number of likely N-dealkylation sites (N-methyl/N-ethyl adjacent to an activating group) is 1. The molecule has 3 nitrogen and oxygen atoms in total. The first-order valence-corrected chi connectivity index (χ1v) is 4.20. The van der Waals surface area contributed by atoms with E-state index in [1.807, 2.05) is 0 Å². The number of piperidine rings is 1. The highest BCUT2D eigenvalue weighted by molar-refractivity contribution is 5.84. The van der Waals surface area contributed by atoms with E-state index < -0.39 is 0 Å². The lowest BCUT2D eigenvalue weighted by atomic mass is 9.80. The summed E-state index contributed by atoms with van der Waals surface area (Å²) in [6, 6.07) is 0. The molecule has 2 aliphatic rings. The highest BCUT2D eigenvalue weighted by Gasteiger charge is 2.44. The smallest absolute Gasteiger partial charge is 0.222 e. The normalized spacial score (nSPS) is 38.5. The predicted molar refractivity (Wildman–Crippen MR) is 44.3 cm³/mol. The van der Waals surface area contributed by atoms with E-state index in [0.717, 1.165) is 13.0 Å². The monoisotopic (exact) mass is 156 g/mol. The highest BCUT2D eigenvalue weighted by atomic mass is 16.2. The Kier molecular flexibility index (Phi) is 1.42. The summed E-state index contributed by atoms with van der Waals surface area (Å²) in [5.41, 5.74) is 0.171. The number of hydrogen-bond acceptors (Lipinski definition) is 2. The average molecular weight is 156 g/mol. The highest BCUT2D eigenvalue weighted by Crippen LogP contribution is 2.29. The minimum atomic E-state index is 0. The summed E-state index contributed by atoms with van der Waals surface area (Å²) in [4.78, 5) is 13.0. The standard InChI is InChI=1S/C8H14N2O.H2/c1-10-4-2-3-8(6-10)5-7(11)9-8;/h2-6H2,1H3,(H,9,11);1H/t8-;/m0./s1. The number of nitrogens with zero attached hydrogens (tertiary/aromatic N) is 1. The van der Waals surface area contributed by atoms with Crippen molar-refractivity contribution in [1.82, 2.24) is 10.2 Å². The lowest BCUT2D eigenvalue weighted by molar-refractivity contribution is -0.134. The molecule has 2 rings (SSSR count). The molecule has 2 heterocycles. The van der Waals surface area contributed by atoms with Crippen molar-refractivity contribution in [3.63, 3.8) is 0 Å². The third-order valence-corrected chi connectivity index (χ3v) is 2.67. The van der Waals surface area contributed by atoms with Gasteiger partial charge in [-0.1, -0.05) is 0 Å². The topological polar surface area (TPSA) is 32.3 Å². The van der Waals surface area contributed by atoms with Crippen molar-refractivity contribution >= 4 is 5.91 Å². The minimum Gasteiger partial charge on any atom is -0.349 e. The SMILES string of the molecule is CN1CCC[C@]2(CC(=O)N2)C1.[HH]. The molecular weight excluding hydrogens is 140 g/mol. The van der Waals surface area contributed by atoms with Gasteiger partial charge in [0.1, 0.15) is 0 Å². The molecular formula is C8H16N2O. The second-order valence-electron chi connectivity index (χ2n) is 3.85. The lowest BCUT2D eigenvalue weighted by Crippen LogP contribution is -2.67. The first kappa shape index (κ1) is 7.10. The van der Waals surface area contributed by atoms with E-state index in [1.165, 1.54) is 19.4 Å². The largest absolute Gasteiger partial charge is 0.349 e. The number of amides is 1. The molecule has 64 valence electrons. The minimum absolute atomic E-state index is 0. The number of likely N-dealkylation sites (tertiary alicyclic amines) is 1. The van der Waals surface area contributed by atoms with Crippen molar-refractivity contribution in [2.24, 2.45) is 0 Å². The van der Waals surface area contributed by atoms with Crippen LogP contribution in [0.3, 0.4) is 0 Å². The van der Waals surface area contributed by atoms with Gasteiger partial charge in [0.25, 0.3) is 0 Å². The molecule has 11 heavy (non-hydrogen) atoms. The molecule has 1 N–H and O–H groups in total. The van der Waals surface area contributed by atoms with E-state index in [1.54, 1.807) is 0 Å². The molecule has 0 radical (unpaired) electrons. The third kappa shape index (κ3) is 1.13. The van der Waals surface area contributed by atoms with Crippen molar-refractivity contribution < 1.29 is 6.22 Å². The number of carbonyl (C=O) groups excluding carboxylic acids is 1. The number of rotatable bonds is 0. The van der Waals surface area contributed by atoms with Crippen LogP contribution in [0, 0.1) is 0 Å². The molecule has 1 amide bonds. The zero-order valence-corrected chi connectivity index (χ0v) is 6.89. The van der Waals surface area contributed by atoms with Crippen molar-refractivity contribution in [3.05, 3.63) is 0 Å². The summed E-state index contributed by atoms with van der Waals surface area (Å²) < 4.78 is 0. The van der Waals surface area contributed by atoms with Crippen molar-refractivity contribution in [3.8, 4) is 0 Å². The molecule has 0 aromatic rings. The zero-order valence-electron chi connectivity index (χ0n) is 6.89. The number of nitrogens with one attached hydrogen (secondary N) is 1. The zero-order chi connectivity index (χ0) is 7.90. The lowest BCUT2D eigenvalue weighted by Gasteiger charge is -2.47. The van der Waals surface area contributed by atoms with Crippen LogP contribution in [-0.4, -0.2) is 36.5 Å². The molecule has 0 saturated carbocycles. The molecule has 0 aromatic carbocycles. The maximum atomic E-state index is 10.7. The van der Waals surface area contributed by atoms with Crippen LogP contribution in [0.1, 0.15) is 20.7 Å². The van der Waals surface area contributed by atoms with Gasteiger partial charge in [-0.3, -0.25) is 4.79 Å². The fourth-order valence-corrected chi connectivity index (χ4v) is 2.19. The van der Waals surface area contributed by atoms with E-state index in [-0.39, 0.29) is 12.9 Å². The Hall–Kier alpha value is -0.570. The summed E-state index contributed by atoms with van der Waals surface area (Å²) in [6.07, 6.45) is 3.14. The Morgan fingerprint density at radius 2 is 2.45 bits per heavy atom. The van der Waals surface area contributed by atoms with Gasteiger partial charge in [-0.2, -0.15) is 0 Å². The summed E-state index contributed by atoms with van der Waals surface area (Å²) in [7, 11) is 2.12. The van der Waals surface area contributed by atoms with Crippen LogP contribution in [0.25, 0.3) is 0 Å². The molecule has 2 saturated heterocycles. The van der Waals surface area contributed by atoms with Crippen molar-refractivity contribution in [1.29, 1.82) is 0 Å². The summed E-state index contributed by atoms with van der Waals surface area (Å²) in [5.74, 6) is 0.223. The fraction of sp³-hybridized carbons (Fsp3) is 0.875. The summed E-state index contributed by atoms with van der Waals surface area (Å²) in [5, 5.41) is 3.01. The summed E-state index contributed by atoms with van der Waals surface area (Å²) >= 11 is 0. The van der Waals surface area contributed by atoms with E-state index in [0.29, 0.717) is 0 Å². The molecule has 1 atom stereocenters. The Labute approximate surface area is 68.2 Å². The molecule has 0 aromatic heterocycles. The molecule has 3 heteroatoms. The summed E-state index contributed by atoms with van der Waals surface area (Å²) in [6.45, 7) is 2.22. The van der Waals surface area contributed by atoms with Crippen LogP contribution >= 0.6 is 0 Å². The molecule has 0 aliphatic carbocycles. The molecule has 2 fully saturated rings. The van der Waals surface area contributed by atoms with E-state index >= 15 is 0 Å². The van der Waals surface area contributed by atoms with Crippen LogP contribution in [0.2, 0.25) is 0 Å². The van der Waals surface area contributed by atoms with Crippen LogP contribution in [-0.2, 0) is 4.79 Å². The van der Waals surface area contributed by atoms with Crippen LogP contribution in [0.15, 0.2) is 0 Å². The molecule has 2 aliphatic heterocycles. The van der Waals surface area contributed by atoms with Gasteiger partial charge in [0.05, 0.1) is 12.0 Å². The average Bonchev–Trinajstić information content (AvgIpc) is 1.84. The van der Waals surface area contributed by atoms with Crippen LogP contribution in [0.4, 0.5) is 0 Å². The molecule has 0 unspecified atom stereocenters. The third-order valence-electron chi connectivity index (χ3n) is 2.67. The van der Waals surface area contributed by atoms with E-state index in [2.05, 4.69) is 17.3 Å². The van der Waals surface area contributed by atoms with Crippen LogP contribution < -0.4 is 5.32 Å². The maximum Gasteiger partial charge on any atom is 0.222 e. The number of hydrogen-bond donors (Lipinski definition) is 1. The quantitative estimate of drug-likeness (QED) is 0.509. The van der Waals surface area contributed by atoms with Crippen LogP contribution in [0.5, 0.6) is 0 Å². The van der Waals surface area contributed by atoms with Gasteiger partial charge >= 0.3 is 0 Å². The van der Waals surface area contributed by atoms with Gasteiger partial charge in [-0.05, 0) is 26.4 Å². The fourth-order valence-electron chi connectivity index (χ4n) is 2.19. The Morgan fingerprint density at radius 3 is 3.00 bits per heavy atom.